The van der Waals surface area contributed by atoms with Gasteiger partial charge in [-0.3, -0.25) is 4.90 Å². The lowest BCUT2D eigenvalue weighted by Gasteiger charge is -2.44. The molecule has 0 spiro atoms. The Morgan fingerprint density at radius 3 is 2.75 bits per heavy atom. The molecule has 3 atom stereocenters. The van der Waals surface area contributed by atoms with Crippen LogP contribution in [-0.4, -0.2) is 43.3 Å². The summed E-state index contributed by atoms with van der Waals surface area (Å²) in [6, 6.07) is 11.7. The second-order valence-electron chi connectivity index (χ2n) is 6.09. The maximum absolute atomic E-state index is 5.79. The molecule has 1 saturated carbocycles. The third-order valence-electron chi connectivity index (χ3n) is 4.86. The number of hydrogen-bond donors (Lipinski definition) is 1. The molecule has 1 saturated heterocycles. The normalized spacial score (nSPS) is 32.1. The minimum absolute atomic E-state index is 0.224. The monoisotopic (exact) mass is 274 g/mol. The van der Waals surface area contributed by atoms with E-state index in [2.05, 4.69) is 35.2 Å². The summed E-state index contributed by atoms with van der Waals surface area (Å²) in [5.41, 5.74) is 7.30. The Kier molecular flexibility index (Phi) is 4.71. The van der Waals surface area contributed by atoms with Crippen LogP contribution in [-0.2, 0) is 4.74 Å². The molecule has 1 aromatic rings. The van der Waals surface area contributed by atoms with E-state index in [1.54, 1.807) is 0 Å². The first-order valence-electron chi connectivity index (χ1n) is 7.99. The Bertz CT molecular complexity index is 409. The van der Waals surface area contributed by atoms with Gasteiger partial charge in [0.1, 0.15) is 0 Å². The second kappa shape index (κ2) is 6.70. The number of hydrogen-bond acceptors (Lipinski definition) is 3. The van der Waals surface area contributed by atoms with E-state index in [-0.39, 0.29) is 6.10 Å². The minimum Gasteiger partial charge on any atom is -0.374 e. The van der Waals surface area contributed by atoms with Crippen LogP contribution in [0.25, 0.3) is 0 Å². The summed E-state index contributed by atoms with van der Waals surface area (Å²) in [5, 5.41) is 0. The summed E-state index contributed by atoms with van der Waals surface area (Å²) < 4.78 is 5.72. The zero-order valence-corrected chi connectivity index (χ0v) is 12.2. The first-order valence-corrected chi connectivity index (χ1v) is 7.99. The Balaban J connectivity index is 1.75. The van der Waals surface area contributed by atoms with Gasteiger partial charge in [-0.1, -0.05) is 43.2 Å². The summed E-state index contributed by atoms with van der Waals surface area (Å²) in [7, 11) is 0. The molecule has 1 aliphatic heterocycles. The standard InChI is InChI=1S/C17H26N2O/c18-12-15-13-19(10-11-20-15)17-9-5-4-8-16(17)14-6-2-1-3-7-14/h1-3,6-7,15-17H,4-5,8-13,18H2. The first kappa shape index (κ1) is 14.1. The van der Waals surface area contributed by atoms with Crippen LogP contribution in [0, 0.1) is 0 Å². The van der Waals surface area contributed by atoms with Gasteiger partial charge in [0.15, 0.2) is 0 Å². The maximum Gasteiger partial charge on any atom is 0.0824 e. The SMILES string of the molecule is NCC1CN(C2CCCCC2c2ccccc2)CCO1. The molecule has 0 amide bonds. The molecule has 0 radical (unpaired) electrons. The predicted octanol–water partition coefficient (Wildman–Crippen LogP) is 2.37. The second-order valence-corrected chi connectivity index (χ2v) is 6.09. The summed E-state index contributed by atoms with van der Waals surface area (Å²) in [5.74, 6) is 0.682. The Hall–Kier alpha value is -0.900. The van der Waals surface area contributed by atoms with Gasteiger partial charge in [-0.25, -0.2) is 0 Å². The van der Waals surface area contributed by atoms with Crippen molar-refractivity contribution in [1.29, 1.82) is 0 Å². The molecule has 20 heavy (non-hydrogen) atoms. The van der Waals surface area contributed by atoms with Gasteiger partial charge in [0.2, 0.25) is 0 Å². The summed E-state index contributed by atoms with van der Waals surface area (Å²) in [4.78, 5) is 2.64. The van der Waals surface area contributed by atoms with Crippen molar-refractivity contribution in [3.05, 3.63) is 35.9 Å². The molecule has 3 nitrogen and oxygen atoms in total. The Labute approximate surface area is 122 Å². The zero-order chi connectivity index (χ0) is 13.8. The lowest BCUT2D eigenvalue weighted by Crippen LogP contribution is -2.52. The van der Waals surface area contributed by atoms with Crippen molar-refractivity contribution in [3.63, 3.8) is 0 Å². The van der Waals surface area contributed by atoms with Crippen LogP contribution in [0.5, 0.6) is 0 Å². The van der Waals surface area contributed by atoms with Crippen LogP contribution in [0.1, 0.15) is 37.2 Å². The molecule has 0 aromatic heterocycles. The van der Waals surface area contributed by atoms with Gasteiger partial charge >= 0.3 is 0 Å². The fourth-order valence-electron chi connectivity index (χ4n) is 3.82. The Morgan fingerprint density at radius 1 is 1.15 bits per heavy atom. The highest BCUT2D eigenvalue weighted by Gasteiger charge is 2.33. The van der Waals surface area contributed by atoms with Gasteiger partial charge in [0.25, 0.3) is 0 Å². The molecular formula is C17H26N2O. The van der Waals surface area contributed by atoms with Crippen LogP contribution < -0.4 is 5.73 Å². The number of rotatable bonds is 3. The number of ether oxygens (including phenoxy) is 1. The van der Waals surface area contributed by atoms with Crippen molar-refractivity contribution in [3.8, 4) is 0 Å². The van der Waals surface area contributed by atoms with E-state index < -0.39 is 0 Å². The lowest BCUT2D eigenvalue weighted by molar-refractivity contribution is -0.0471. The van der Waals surface area contributed by atoms with Gasteiger partial charge in [-0.2, -0.15) is 0 Å². The molecule has 2 aliphatic rings. The molecule has 1 aliphatic carbocycles. The van der Waals surface area contributed by atoms with E-state index in [1.165, 1.54) is 31.2 Å². The van der Waals surface area contributed by atoms with Crippen molar-refractivity contribution in [1.82, 2.24) is 4.90 Å². The lowest BCUT2D eigenvalue weighted by atomic mass is 9.79. The minimum atomic E-state index is 0.224. The topological polar surface area (TPSA) is 38.5 Å². The van der Waals surface area contributed by atoms with E-state index in [0.29, 0.717) is 18.5 Å². The third kappa shape index (κ3) is 3.05. The summed E-state index contributed by atoms with van der Waals surface area (Å²) in [6.07, 6.45) is 5.58. The third-order valence-corrected chi connectivity index (χ3v) is 4.86. The highest BCUT2D eigenvalue weighted by molar-refractivity contribution is 5.22. The fourth-order valence-corrected chi connectivity index (χ4v) is 3.82. The molecular weight excluding hydrogens is 248 g/mol. The summed E-state index contributed by atoms with van der Waals surface area (Å²) in [6.45, 7) is 3.54. The van der Waals surface area contributed by atoms with Gasteiger partial charge in [0.05, 0.1) is 12.7 Å². The fraction of sp³-hybridized carbons (Fsp3) is 0.647. The number of benzene rings is 1. The molecule has 0 bridgehead atoms. The highest BCUT2D eigenvalue weighted by atomic mass is 16.5. The van der Waals surface area contributed by atoms with E-state index in [4.69, 9.17) is 10.5 Å². The van der Waals surface area contributed by atoms with Crippen molar-refractivity contribution < 1.29 is 4.74 Å². The number of morpholine rings is 1. The van der Waals surface area contributed by atoms with Crippen LogP contribution in [0.3, 0.4) is 0 Å². The van der Waals surface area contributed by atoms with Crippen LogP contribution in [0.4, 0.5) is 0 Å². The molecule has 1 aromatic carbocycles. The van der Waals surface area contributed by atoms with E-state index >= 15 is 0 Å². The quantitative estimate of drug-likeness (QED) is 0.919. The van der Waals surface area contributed by atoms with E-state index in [0.717, 1.165) is 19.7 Å². The van der Waals surface area contributed by atoms with Crippen molar-refractivity contribution in [2.24, 2.45) is 5.73 Å². The molecule has 3 heteroatoms. The van der Waals surface area contributed by atoms with Gasteiger partial charge in [-0.15, -0.1) is 0 Å². The van der Waals surface area contributed by atoms with Gasteiger partial charge < -0.3 is 10.5 Å². The van der Waals surface area contributed by atoms with Crippen molar-refractivity contribution >= 4 is 0 Å². The molecule has 110 valence electrons. The van der Waals surface area contributed by atoms with E-state index in [9.17, 15) is 0 Å². The highest BCUT2D eigenvalue weighted by Crippen LogP contribution is 2.36. The summed E-state index contributed by atoms with van der Waals surface area (Å²) >= 11 is 0. The van der Waals surface area contributed by atoms with Crippen molar-refractivity contribution in [2.45, 2.75) is 43.7 Å². The molecule has 1 heterocycles. The Morgan fingerprint density at radius 2 is 1.95 bits per heavy atom. The average molecular weight is 274 g/mol. The molecule has 3 rings (SSSR count). The average Bonchev–Trinajstić information content (AvgIpc) is 2.56. The molecule has 2 N–H and O–H groups in total. The first-order chi connectivity index (χ1) is 9.88. The zero-order valence-electron chi connectivity index (χ0n) is 12.2. The smallest absolute Gasteiger partial charge is 0.0824 e. The number of nitrogens with two attached hydrogens (primary N) is 1. The predicted molar refractivity (Wildman–Crippen MR) is 81.8 cm³/mol. The largest absolute Gasteiger partial charge is 0.374 e. The maximum atomic E-state index is 5.79. The number of nitrogens with zero attached hydrogens (tertiary/aromatic N) is 1. The van der Waals surface area contributed by atoms with Crippen LogP contribution >= 0.6 is 0 Å². The van der Waals surface area contributed by atoms with E-state index in [1.807, 2.05) is 0 Å². The van der Waals surface area contributed by atoms with Gasteiger partial charge in [0, 0.05) is 25.7 Å². The molecule has 3 unspecified atom stereocenters. The van der Waals surface area contributed by atoms with Crippen molar-refractivity contribution in [2.75, 3.05) is 26.2 Å². The van der Waals surface area contributed by atoms with Gasteiger partial charge in [-0.05, 0) is 24.3 Å². The van der Waals surface area contributed by atoms with Crippen LogP contribution in [0.2, 0.25) is 0 Å². The van der Waals surface area contributed by atoms with Crippen LogP contribution in [0.15, 0.2) is 30.3 Å². The molecule has 2 fully saturated rings.